The lowest BCUT2D eigenvalue weighted by atomic mass is 10.1. The van der Waals surface area contributed by atoms with Crippen LogP contribution in [-0.2, 0) is 6.61 Å². The van der Waals surface area contributed by atoms with Crippen LogP contribution in [0.3, 0.4) is 0 Å². The molecule has 0 radical (unpaired) electrons. The Hall–Kier alpha value is -3.68. The summed E-state index contributed by atoms with van der Waals surface area (Å²) >= 11 is 0. The van der Waals surface area contributed by atoms with Crippen molar-refractivity contribution in [1.29, 1.82) is 0 Å². The topological polar surface area (TPSA) is 97.7 Å². The smallest absolute Gasteiger partial charge is 0.275 e. The van der Waals surface area contributed by atoms with E-state index in [1.54, 1.807) is 18.5 Å². The molecular formula is C21H22N6O2. The Morgan fingerprint density at radius 1 is 1.14 bits per heavy atom. The molecule has 3 aromatic heterocycles. The maximum absolute atomic E-state index is 13.0. The molecule has 0 saturated heterocycles. The standard InChI is InChI=1S/C21H22N6O2/c1-13(2)27-21(28)18-11-16(29-12-15-6-8-22-9-7-15)4-5-17(18)20(26-27)23-19-10-14(3)24-25-19/h4-11,13H,12H2,1-3H3,(H2,23,24,25,26). The van der Waals surface area contributed by atoms with E-state index in [1.165, 1.54) is 4.68 Å². The summed E-state index contributed by atoms with van der Waals surface area (Å²) < 4.78 is 7.35. The first kappa shape index (κ1) is 18.7. The summed E-state index contributed by atoms with van der Waals surface area (Å²) in [6, 6.07) is 11.0. The Morgan fingerprint density at radius 3 is 2.62 bits per heavy atom. The number of anilines is 2. The number of aromatic amines is 1. The van der Waals surface area contributed by atoms with Crippen molar-refractivity contribution < 1.29 is 4.74 Å². The average molecular weight is 390 g/mol. The Morgan fingerprint density at radius 2 is 1.93 bits per heavy atom. The van der Waals surface area contributed by atoms with Gasteiger partial charge in [-0.1, -0.05) is 0 Å². The third-order valence-electron chi connectivity index (χ3n) is 4.49. The first-order chi connectivity index (χ1) is 14.0. The van der Waals surface area contributed by atoms with E-state index in [-0.39, 0.29) is 11.6 Å². The second-order valence-corrected chi connectivity index (χ2v) is 7.10. The van der Waals surface area contributed by atoms with E-state index in [0.717, 1.165) is 11.3 Å². The number of benzene rings is 1. The summed E-state index contributed by atoms with van der Waals surface area (Å²) in [5, 5.41) is 16.1. The maximum atomic E-state index is 13.0. The molecule has 0 spiro atoms. The van der Waals surface area contributed by atoms with Crippen LogP contribution in [0.4, 0.5) is 11.6 Å². The van der Waals surface area contributed by atoms with E-state index in [0.29, 0.717) is 34.8 Å². The molecule has 0 aliphatic rings. The molecule has 0 aliphatic heterocycles. The number of aromatic nitrogens is 5. The number of pyridine rings is 1. The third kappa shape index (κ3) is 3.96. The van der Waals surface area contributed by atoms with Gasteiger partial charge >= 0.3 is 0 Å². The van der Waals surface area contributed by atoms with Crippen LogP contribution in [0, 0.1) is 6.92 Å². The predicted octanol–water partition coefficient (Wildman–Crippen LogP) is 3.73. The monoisotopic (exact) mass is 390 g/mol. The highest BCUT2D eigenvalue weighted by Crippen LogP contribution is 2.26. The zero-order valence-corrected chi connectivity index (χ0v) is 16.5. The van der Waals surface area contributed by atoms with Gasteiger partial charge in [-0.15, -0.1) is 0 Å². The van der Waals surface area contributed by atoms with Crippen LogP contribution < -0.4 is 15.6 Å². The van der Waals surface area contributed by atoms with Crippen LogP contribution in [-0.4, -0.2) is 25.0 Å². The first-order valence-corrected chi connectivity index (χ1v) is 9.38. The van der Waals surface area contributed by atoms with Gasteiger partial charge in [-0.3, -0.25) is 14.9 Å². The molecule has 4 rings (SSSR count). The number of rotatable bonds is 6. The summed E-state index contributed by atoms with van der Waals surface area (Å²) in [4.78, 5) is 17.0. The SMILES string of the molecule is Cc1cc(Nc2nn(C(C)C)c(=O)c3cc(OCc4ccncc4)ccc23)n[nH]1. The van der Waals surface area contributed by atoms with E-state index >= 15 is 0 Å². The number of ether oxygens (including phenoxy) is 1. The molecule has 0 bridgehead atoms. The van der Waals surface area contributed by atoms with E-state index in [1.807, 2.05) is 51.1 Å². The van der Waals surface area contributed by atoms with Crippen molar-refractivity contribution in [3.63, 3.8) is 0 Å². The number of hydrogen-bond acceptors (Lipinski definition) is 6. The van der Waals surface area contributed by atoms with Crippen LogP contribution in [0.5, 0.6) is 5.75 Å². The normalized spacial score (nSPS) is 11.2. The van der Waals surface area contributed by atoms with Crippen molar-refractivity contribution in [3.8, 4) is 5.75 Å². The average Bonchev–Trinajstić information content (AvgIpc) is 3.13. The van der Waals surface area contributed by atoms with Crippen molar-refractivity contribution in [3.05, 3.63) is 70.4 Å². The van der Waals surface area contributed by atoms with E-state index in [4.69, 9.17) is 4.74 Å². The van der Waals surface area contributed by atoms with Gasteiger partial charge in [0.05, 0.1) is 11.4 Å². The number of hydrogen-bond donors (Lipinski definition) is 2. The molecule has 2 N–H and O–H groups in total. The van der Waals surface area contributed by atoms with Gasteiger partial charge < -0.3 is 10.1 Å². The molecule has 1 aromatic carbocycles. The molecule has 8 nitrogen and oxygen atoms in total. The number of nitrogens with one attached hydrogen (secondary N) is 2. The predicted molar refractivity (Wildman–Crippen MR) is 112 cm³/mol. The summed E-state index contributed by atoms with van der Waals surface area (Å²) in [5.41, 5.74) is 1.78. The van der Waals surface area contributed by atoms with E-state index in [2.05, 4.69) is 25.6 Å². The van der Waals surface area contributed by atoms with Crippen LogP contribution >= 0.6 is 0 Å². The Bertz CT molecular complexity index is 1200. The molecular weight excluding hydrogens is 368 g/mol. The Kier molecular flexibility index (Phi) is 4.99. The fourth-order valence-electron chi connectivity index (χ4n) is 3.02. The minimum absolute atomic E-state index is 0.0882. The fraction of sp³-hybridized carbons (Fsp3) is 0.238. The molecule has 0 fully saturated rings. The van der Waals surface area contributed by atoms with Gasteiger partial charge in [0.1, 0.15) is 12.4 Å². The Balaban J connectivity index is 1.73. The highest BCUT2D eigenvalue weighted by Gasteiger charge is 2.14. The maximum Gasteiger partial charge on any atom is 0.275 e. The van der Waals surface area contributed by atoms with E-state index < -0.39 is 0 Å². The fourth-order valence-corrected chi connectivity index (χ4v) is 3.02. The molecule has 0 atom stereocenters. The summed E-state index contributed by atoms with van der Waals surface area (Å²) in [7, 11) is 0. The van der Waals surface area contributed by atoms with Gasteiger partial charge in [-0.2, -0.15) is 10.2 Å². The quantitative estimate of drug-likeness (QED) is 0.521. The van der Waals surface area contributed by atoms with Gasteiger partial charge in [0.25, 0.3) is 5.56 Å². The van der Waals surface area contributed by atoms with Gasteiger partial charge in [0.2, 0.25) is 0 Å². The van der Waals surface area contributed by atoms with Gasteiger partial charge in [0, 0.05) is 29.5 Å². The molecule has 4 aromatic rings. The van der Waals surface area contributed by atoms with Gasteiger partial charge in [0.15, 0.2) is 11.6 Å². The van der Waals surface area contributed by atoms with Crippen molar-refractivity contribution in [2.75, 3.05) is 5.32 Å². The minimum atomic E-state index is -0.159. The van der Waals surface area contributed by atoms with Crippen LogP contribution in [0.25, 0.3) is 10.8 Å². The highest BCUT2D eigenvalue weighted by molar-refractivity contribution is 5.93. The lowest BCUT2D eigenvalue weighted by molar-refractivity contribution is 0.306. The zero-order valence-electron chi connectivity index (χ0n) is 16.5. The first-order valence-electron chi connectivity index (χ1n) is 9.38. The van der Waals surface area contributed by atoms with Gasteiger partial charge in [-0.25, -0.2) is 4.68 Å². The molecule has 29 heavy (non-hydrogen) atoms. The van der Waals surface area contributed by atoms with Crippen LogP contribution in [0.1, 0.15) is 31.1 Å². The number of nitrogens with zero attached hydrogens (tertiary/aromatic N) is 4. The largest absolute Gasteiger partial charge is 0.489 e. The van der Waals surface area contributed by atoms with Crippen molar-refractivity contribution >= 4 is 22.4 Å². The Labute approximate surface area is 167 Å². The number of fused-ring (bicyclic) bond motifs is 1. The lowest BCUT2D eigenvalue weighted by Crippen LogP contribution is -2.25. The second kappa shape index (κ2) is 7.75. The number of H-pyrrole nitrogens is 1. The zero-order chi connectivity index (χ0) is 20.4. The summed E-state index contributed by atoms with van der Waals surface area (Å²) in [6.45, 7) is 6.17. The third-order valence-corrected chi connectivity index (χ3v) is 4.49. The molecule has 0 saturated carbocycles. The van der Waals surface area contributed by atoms with Crippen molar-refractivity contribution in [1.82, 2.24) is 25.0 Å². The number of aryl methyl sites for hydroxylation is 1. The molecule has 0 unspecified atom stereocenters. The highest BCUT2D eigenvalue weighted by atomic mass is 16.5. The molecule has 148 valence electrons. The van der Waals surface area contributed by atoms with Crippen molar-refractivity contribution in [2.45, 2.75) is 33.4 Å². The van der Waals surface area contributed by atoms with E-state index in [9.17, 15) is 4.79 Å². The molecule has 0 amide bonds. The summed E-state index contributed by atoms with van der Waals surface area (Å²) in [5.74, 6) is 1.83. The van der Waals surface area contributed by atoms with Crippen LogP contribution in [0.2, 0.25) is 0 Å². The minimum Gasteiger partial charge on any atom is -0.489 e. The van der Waals surface area contributed by atoms with Crippen LogP contribution in [0.15, 0.2) is 53.6 Å². The molecule has 8 heteroatoms. The second-order valence-electron chi connectivity index (χ2n) is 7.10. The van der Waals surface area contributed by atoms with Crippen molar-refractivity contribution in [2.24, 2.45) is 0 Å². The lowest BCUT2D eigenvalue weighted by Gasteiger charge is -2.15. The van der Waals surface area contributed by atoms with Gasteiger partial charge in [-0.05, 0) is 56.7 Å². The summed E-state index contributed by atoms with van der Waals surface area (Å²) in [6.07, 6.45) is 3.45. The molecule has 0 aliphatic carbocycles. The molecule has 3 heterocycles.